The molecule has 1 aromatic rings. The monoisotopic (exact) mass is 292 g/mol. The van der Waals surface area contributed by atoms with E-state index >= 15 is 0 Å². The molecule has 2 aliphatic rings. The normalized spacial score (nSPS) is 30.8. The Bertz CT molecular complexity index is 428. The Morgan fingerprint density at radius 3 is 2.59 bits per heavy atom. The molecule has 2 atom stereocenters. The molecule has 0 aliphatic heterocycles. The van der Waals surface area contributed by atoms with E-state index < -0.39 is 0 Å². The first-order chi connectivity index (χ1) is 8.25. The van der Waals surface area contributed by atoms with Gasteiger partial charge in [-0.1, -0.05) is 40.9 Å². The Morgan fingerprint density at radius 2 is 1.94 bits per heavy atom. The van der Waals surface area contributed by atoms with Gasteiger partial charge in [0.25, 0.3) is 0 Å². The van der Waals surface area contributed by atoms with Crippen LogP contribution < -0.4 is 0 Å². The molecule has 0 saturated heterocycles. The van der Waals surface area contributed by atoms with E-state index in [0.29, 0.717) is 18.1 Å². The number of ketones is 1. The molecule has 0 radical (unpaired) electrons. The number of rotatable bonds is 3. The van der Waals surface area contributed by atoms with Gasteiger partial charge in [-0.2, -0.15) is 0 Å². The van der Waals surface area contributed by atoms with Gasteiger partial charge >= 0.3 is 0 Å². The molecule has 0 heterocycles. The summed E-state index contributed by atoms with van der Waals surface area (Å²) in [5.74, 6) is 2.35. The molecular weight excluding hydrogens is 276 g/mol. The Labute approximate surface area is 111 Å². The van der Waals surface area contributed by atoms with Gasteiger partial charge in [-0.15, -0.1) is 0 Å². The molecule has 0 amide bonds. The van der Waals surface area contributed by atoms with Crippen molar-refractivity contribution in [1.82, 2.24) is 0 Å². The Kier molecular flexibility index (Phi) is 3.08. The van der Waals surface area contributed by atoms with Crippen LogP contribution in [0.25, 0.3) is 0 Å². The number of hydrogen-bond donors (Lipinski definition) is 0. The maximum atomic E-state index is 12.2. The highest BCUT2D eigenvalue weighted by atomic mass is 79.9. The summed E-state index contributed by atoms with van der Waals surface area (Å²) < 4.78 is 1.07. The van der Waals surface area contributed by atoms with Crippen LogP contribution in [0.3, 0.4) is 0 Å². The molecule has 2 aliphatic carbocycles. The standard InChI is InChI=1S/C15H17BrO/c16-11-5-3-4-10(8-11)9-14(17)15-12-6-1-2-7-13(12)15/h3-5,8,12-13,15H,1-2,6-7,9H2. The van der Waals surface area contributed by atoms with E-state index in [0.717, 1.165) is 21.9 Å². The fourth-order valence-electron chi connectivity index (χ4n) is 3.44. The van der Waals surface area contributed by atoms with Gasteiger partial charge in [0, 0.05) is 16.8 Å². The van der Waals surface area contributed by atoms with Gasteiger partial charge in [-0.05, 0) is 42.4 Å². The van der Waals surface area contributed by atoms with Crippen molar-refractivity contribution in [3.05, 3.63) is 34.3 Å². The molecular formula is C15H17BrO. The molecule has 2 fully saturated rings. The molecule has 0 aromatic heterocycles. The third kappa shape index (κ3) is 2.33. The van der Waals surface area contributed by atoms with Crippen molar-refractivity contribution in [2.45, 2.75) is 32.1 Å². The molecule has 1 aromatic carbocycles. The first kappa shape index (κ1) is 11.5. The van der Waals surface area contributed by atoms with Crippen LogP contribution in [-0.4, -0.2) is 5.78 Å². The van der Waals surface area contributed by atoms with E-state index in [4.69, 9.17) is 0 Å². The predicted molar refractivity (Wildman–Crippen MR) is 71.8 cm³/mol. The van der Waals surface area contributed by atoms with E-state index in [2.05, 4.69) is 28.1 Å². The molecule has 0 bridgehead atoms. The fourth-order valence-corrected chi connectivity index (χ4v) is 3.88. The van der Waals surface area contributed by atoms with Crippen molar-refractivity contribution in [3.8, 4) is 0 Å². The summed E-state index contributed by atoms with van der Waals surface area (Å²) in [7, 11) is 0. The summed E-state index contributed by atoms with van der Waals surface area (Å²) in [5.41, 5.74) is 1.15. The van der Waals surface area contributed by atoms with Gasteiger partial charge < -0.3 is 0 Å². The molecule has 0 spiro atoms. The molecule has 3 rings (SSSR count). The largest absolute Gasteiger partial charge is 0.299 e. The van der Waals surface area contributed by atoms with Crippen LogP contribution in [0.15, 0.2) is 28.7 Å². The van der Waals surface area contributed by atoms with Gasteiger partial charge in [0.15, 0.2) is 0 Å². The van der Waals surface area contributed by atoms with E-state index in [1.807, 2.05) is 12.1 Å². The summed E-state index contributed by atoms with van der Waals surface area (Å²) in [6, 6.07) is 8.12. The van der Waals surface area contributed by atoms with E-state index in [-0.39, 0.29) is 0 Å². The van der Waals surface area contributed by atoms with E-state index in [1.165, 1.54) is 25.7 Å². The summed E-state index contributed by atoms with van der Waals surface area (Å²) >= 11 is 3.45. The smallest absolute Gasteiger partial charge is 0.140 e. The maximum absolute atomic E-state index is 12.2. The van der Waals surface area contributed by atoms with E-state index in [1.54, 1.807) is 0 Å². The number of hydrogen-bond acceptors (Lipinski definition) is 1. The fraction of sp³-hybridized carbons (Fsp3) is 0.533. The average molecular weight is 293 g/mol. The van der Waals surface area contributed by atoms with E-state index in [9.17, 15) is 4.79 Å². The molecule has 2 saturated carbocycles. The van der Waals surface area contributed by atoms with Gasteiger partial charge in [-0.25, -0.2) is 0 Å². The number of halogens is 1. The lowest BCUT2D eigenvalue weighted by molar-refractivity contribution is -0.120. The second kappa shape index (κ2) is 4.56. The molecule has 1 nitrogen and oxygen atoms in total. The summed E-state index contributed by atoms with van der Waals surface area (Å²) in [6.45, 7) is 0. The van der Waals surface area contributed by atoms with Crippen molar-refractivity contribution >= 4 is 21.7 Å². The minimum Gasteiger partial charge on any atom is -0.299 e. The summed E-state index contributed by atoms with van der Waals surface area (Å²) in [6.07, 6.45) is 5.87. The summed E-state index contributed by atoms with van der Waals surface area (Å²) in [5, 5.41) is 0. The highest BCUT2D eigenvalue weighted by Crippen LogP contribution is 2.56. The van der Waals surface area contributed by atoms with Crippen LogP contribution in [0.2, 0.25) is 0 Å². The second-order valence-corrected chi connectivity index (χ2v) is 6.33. The molecule has 17 heavy (non-hydrogen) atoms. The van der Waals surface area contributed by atoms with Crippen molar-refractivity contribution in [1.29, 1.82) is 0 Å². The minimum absolute atomic E-state index is 0.400. The second-order valence-electron chi connectivity index (χ2n) is 5.41. The zero-order chi connectivity index (χ0) is 11.8. The predicted octanol–water partition coefficient (Wildman–Crippen LogP) is 4.00. The van der Waals surface area contributed by atoms with Crippen LogP contribution in [0, 0.1) is 17.8 Å². The average Bonchev–Trinajstić information content (AvgIpc) is 3.03. The van der Waals surface area contributed by atoms with Crippen molar-refractivity contribution in [2.75, 3.05) is 0 Å². The van der Waals surface area contributed by atoms with Crippen LogP contribution in [0.1, 0.15) is 31.2 Å². The van der Waals surface area contributed by atoms with Gasteiger partial charge in [0.2, 0.25) is 0 Å². The number of benzene rings is 1. The summed E-state index contributed by atoms with van der Waals surface area (Å²) in [4.78, 5) is 12.2. The first-order valence-electron chi connectivity index (χ1n) is 6.53. The molecule has 2 heteroatoms. The highest BCUT2D eigenvalue weighted by Gasteiger charge is 2.53. The van der Waals surface area contributed by atoms with Gasteiger partial charge in [0.05, 0.1) is 0 Å². The first-order valence-corrected chi connectivity index (χ1v) is 7.32. The topological polar surface area (TPSA) is 17.1 Å². The highest BCUT2D eigenvalue weighted by molar-refractivity contribution is 9.10. The lowest BCUT2D eigenvalue weighted by Gasteiger charge is -2.04. The Morgan fingerprint density at radius 1 is 1.24 bits per heavy atom. The van der Waals surface area contributed by atoms with Crippen LogP contribution in [0.5, 0.6) is 0 Å². The third-order valence-electron chi connectivity index (χ3n) is 4.30. The maximum Gasteiger partial charge on any atom is 0.140 e. The van der Waals surface area contributed by atoms with Crippen molar-refractivity contribution in [2.24, 2.45) is 17.8 Å². The SMILES string of the molecule is O=C(Cc1cccc(Br)c1)C1C2CCCCC21. The Balaban J connectivity index is 1.64. The van der Waals surface area contributed by atoms with Crippen LogP contribution in [-0.2, 0) is 11.2 Å². The number of carbonyl (C=O) groups is 1. The molecule has 0 N–H and O–H groups in total. The van der Waals surface area contributed by atoms with Gasteiger partial charge in [-0.3, -0.25) is 4.79 Å². The Hall–Kier alpha value is -0.630. The number of Topliss-reactive ketones (excluding diaryl/α,β-unsaturated/α-hetero) is 1. The number of carbonyl (C=O) groups excluding carboxylic acids is 1. The van der Waals surface area contributed by atoms with Crippen molar-refractivity contribution < 1.29 is 4.79 Å². The molecule has 90 valence electrons. The third-order valence-corrected chi connectivity index (χ3v) is 4.79. The lowest BCUT2D eigenvalue weighted by atomic mass is 10.0. The minimum atomic E-state index is 0.400. The quantitative estimate of drug-likeness (QED) is 0.823. The zero-order valence-electron chi connectivity index (χ0n) is 9.86. The van der Waals surface area contributed by atoms with Crippen LogP contribution in [0.4, 0.5) is 0 Å². The number of fused-ring (bicyclic) bond motifs is 1. The van der Waals surface area contributed by atoms with Crippen molar-refractivity contribution in [3.63, 3.8) is 0 Å². The zero-order valence-corrected chi connectivity index (χ0v) is 11.4. The van der Waals surface area contributed by atoms with Crippen LogP contribution >= 0.6 is 15.9 Å². The van der Waals surface area contributed by atoms with Gasteiger partial charge in [0.1, 0.15) is 5.78 Å². The molecule has 2 unspecified atom stereocenters. The lowest BCUT2D eigenvalue weighted by Crippen LogP contribution is -2.07.